The normalized spacial score (nSPS) is 11.9. The molecule has 1 amide bonds. The Balaban J connectivity index is 2.03. The van der Waals surface area contributed by atoms with Crippen molar-refractivity contribution < 1.29 is 4.79 Å². The number of carbonyl (C=O) groups excluding carboxylic acids is 1. The van der Waals surface area contributed by atoms with Gasteiger partial charge in [-0.15, -0.1) is 0 Å². The molecule has 3 heteroatoms. The van der Waals surface area contributed by atoms with Crippen LogP contribution >= 0.6 is 15.9 Å². The van der Waals surface area contributed by atoms with Gasteiger partial charge in [-0.25, -0.2) is 0 Å². The Labute approximate surface area is 128 Å². The fourth-order valence-electron chi connectivity index (χ4n) is 2.07. The van der Waals surface area contributed by atoms with Crippen LogP contribution in [-0.2, 0) is 11.2 Å². The summed E-state index contributed by atoms with van der Waals surface area (Å²) in [6.07, 6.45) is 0.432. The average molecular weight is 332 g/mol. The summed E-state index contributed by atoms with van der Waals surface area (Å²) < 4.78 is 1.03. The summed E-state index contributed by atoms with van der Waals surface area (Å²) >= 11 is 3.40. The average Bonchev–Trinajstić information content (AvgIpc) is 2.49. The number of rotatable bonds is 4. The zero-order chi connectivity index (χ0) is 14.5. The van der Waals surface area contributed by atoms with Crippen molar-refractivity contribution in [3.63, 3.8) is 0 Å². The number of hydrogen-bond donors (Lipinski definition) is 0. The van der Waals surface area contributed by atoms with Crippen molar-refractivity contribution in [2.75, 3.05) is 7.05 Å². The van der Waals surface area contributed by atoms with Gasteiger partial charge < -0.3 is 4.90 Å². The third kappa shape index (κ3) is 3.70. The number of halogens is 1. The van der Waals surface area contributed by atoms with E-state index in [1.54, 1.807) is 4.90 Å². The van der Waals surface area contributed by atoms with E-state index in [4.69, 9.17) is 0 Å². The Morgan fingerprint density at radius 2 is 1.70 bits per heavy atom. The van der Waals surface area contributed by atoms with Crippen LogP contribution in [0.2, 0.25) is 0 Å². The maximum Gasteiger partial charge on any atom is 0.227 e. The molecule has 2 rings (SSSR count). The van der Waals surface area contributed by atoms with Crippen molar-refractivity contribution in [3.05, 3.63) is 70.2 Å². The predicted molar refractivity (Wildman–Crippen MR) is 85.5 cm³/mol. The van der Waals surface area contributed by atoms with E-state index >= 15 is 0 Å². The first-order valence-corrected chi connectivity index (χ1v) is 7.42. The number of nitrogens with zero attached hydrogens (tertiary/aromatic N) is 1. The van der Waals surface area contributed by atoms with Crippen LogP contribution in [0.4, 0.5) is 0 Å². The molecule has 104 valence electrons. The molecular formula is C17H18BrNO. The fraction of sp³-hybridized carbons (Fsp3) is 0.235. The van der Waals surface area contributed by atoms with Crippen LogP contribution in [0.3, 0.4) is 0 Å². The van der Waals surface area contributed by atoms with Gasteiger partial charge in [-0.1, -0.05) is 58.4 Å². The highest BCUT2D eigenvalue weighted by Crippen LogP contribution is 2.19. The predicted octanol–water partition coefficient (Wildman–Crippen LogP) is 4.21. The molecular weight excluding hydrogens is 314 g/mol. The minimum atomic E-state index is 0.0825. The van der Waals surface area contributed by atoms with E-state index in [0.717, 1.165) is 15.6 Å². The van der Waals surface area contributed by atoms with Crippen molar-refractivity contribution in [2.45, 2.75) is 19.4 Å². The summed E-state index contributed by atoms with van der Waals surface area (Å²) in [5.41, 5.74) is 2.18. The van der Waals surface area contributed by atoms with Gasteiger partial charge in [0.15, 0.2) is 0 Å². The lowest BCUT2D eigenvalue weighted by atomic mass is 10.1. The molecule has 0 saturated carbocycles. The number of likely N-dealkylation sites (N-methyl/N-ethyl adjacent to an activating group) is 1. The molecule has 2 nitrogen and oxygen atoms in total. The topological polar surface area (TPSA) is 20.3 Å². The second-order valence-corrected chi connectivity index (χ2v) is 5.81. The molecule has 0 fully saturated rings. The van der Waals surface area contributed by atoms with Gasteiger partial charge in [-0.3, -0.25) is 4.79 Å². The molecule has 0 N–H and O–H groups in total. The molecule has 0 aliphatic rings. The SMILES string of the molecule is CC(c1ccccc1)N(C)C(=O)Cc1ccc(Br)cc1. The summed E-state index contributed by atoms with van der Waals surface area (Å²) in [5.74, 6) is 0.128. The number of carbonyl (C=O) groups is 1. The molecule has 0 heterocycles. The summed E-state index contributed by atoms with van der Waals surface area (Å²) in [4.78, 5) is 14.1. The van der Waals surface area contributed by atoms with Gasteiger partial charge in [0.25, 0.3) is 0 Å². The molecule has 0 aliphatic carbocycles. The second kappa shape index (κ2) is 6.71. The zero-order valence-corrected chi connectivity index (χ0v) is 13.3. The summed E-state index contributed by atoms with van der Waals surface area (Å²) in [7, 11) is 1.86. The highest BCUT2D eigenvalue weighted by Gasteiger charge is 2.17. The Kier molecular flexibility index (Phi) is 4.96. The van der Waals surface area contributed by atoms with E-state index in [2.05, 4.69) is 22.9 Å². The number of benzene rings is 2. The van der Waals surface area contributed by atoms with Gasteiger partial charge in [0.05, 0.1) is 12.5 Å². The number of amides is 1. The standard InChI is InChI=1S/C17H18BrNO/c1-13(15-6-4-3-5-7-15)19(2)17(20)12-14-8-10-16(18)11-9-14/h3-11,13H,12H2,1-2H3. The van der Waals surface area contributed by atoms with Gasteiger partial charge in [-0.05, 0) is 30.2 Å². The smallest absolute Gasteiger partial charge is 0.227 e. The largest absolute Gasteiger partial charge is 0.339 e. The van der Waals surface area contributed by atoms with E-state index in [1.807, 2.05) is 61.6 Å². The monoisotopic (exact) mass is 331 g/mol. The zero-order valence-electron chi connectivity index (χ0n) is 11.7. The lowest BCUT2D eigenvalue weighted by molar-refractivity contribution is -0.131. The van der Waals surface area contributed by atoms with Gasteiger partial charge in [0.1, 0.15) is 0 Å². The fourth-order valence-corrected chi connectivity index (χ4v) is 2.34. The molecule has 0 saturated heterocycles. The second-order valence-electron chi connectivity index (χ2n) is 4.89. The molecule has 0 spiro atoms. The summed E-state index contributed by atoms with van der Waals surface area (Å²) in [6, 6.07) is 18.0. The maximum atomic E-state index is 12.3. The van der Waals surface area contributed by atoms with Crippen LogP contribution in [0.1, 0.15) is 24.1 Å². The minimum absolute atomic E-state index is 0.0825. The van der Waals surface area contributed by atoms with E-state index in [-0.39, 0.29) is 11.9 Å². The van der Waals surface area contributed by atoms with Crippen LogP contribution in [0.15, 0.2) is 59.1 Å². The first kappa shape index (κ1) is 14.8. The molecule has 1 atom stereocenters. The third-order valence-electron chi connectivity index (χ3n) is 3.52. The van der Waals surface area contributed by atoms with Gasteiger partial charge in [-0.2, -0.15) is 0 Å². The summed E-state index contributed by atoms with van der Waals surface area (Å²) in [6.45, 7) is 2.05. The number of hydrogen-bond acceptors (Lipinski definition) is 1. The minimum Gasteiger partial charge on any atom is -0.339 e. The quantitative estimate of drug-likeness (QED) is 0.821. The van der Waals surface area contributed by atoms with Crippen LogP contribution < -0.4 is 0 Å². The van der Waals surface area contributed by atoms with Crippen molar-refractivity contribution in [1.29, 1.82) is 0 Å². The molecule has 0 aliphatic heterocycles. The highest BCUT2D eigenvalue weighted by molar-refractivity contribution is 9.10. The molecule has 20 heavy (non-hydrogen) atoms. The van der Waals surface area contributed by atoms with Gasteiger partial charge in [0.2, 0.25) is 5.91 Å². The van der Waals surface area contributed by atoms with Crippen molar-refractivity contribution in [1.82, 2.24) is 4.90 Å². The first-order chi connectivity index (χ1) is 9.58. The van der Waals surface area contributed by atoms with Crippen molar-refractivity contribution in [2.24, 2.45) is 0 Å². The van der Waals surface area contributed by atoms with Crippen molar-refractivity contribution in [3.8, 4) is 0 Å². The van der Waals surface area contributed by atoms with Gasteiger partial charge >= 0.3 is 0 Å². The van der Waals surface area contributed by atoms with E-state index < -0.39 is 0 Å². The van der Waals surface area contributed by atoms with E-state index in [9.17, 15) is 4.79 Å². The maximum absolute atomic E-state index is 12.3. The Morgan fingerprint density at radius 3 is 2.30 bits per heavy atom. The Hall–Kier alpha value is -1.61. The highest BCUT2D eigenvalue weighted by atomic mass is 79.9. The van der Waals surface area contributed by atoms with Crippen LogP contribution in [0.5, 0.6) is 0 Å². The molecule has 0 aromatic heterocycles. The van der Waals surface area contributed by atoms with Crippen LogP contribution in [-0.4, -0.2) is 17.9 Å². The van der Waals surface area contributed by atoms with E-state index in [1.165, 1.54) is 0 Å². The van der Waals surface area contributed by atoms with Gasteiger partial charge in [0, 0.05) is 11.5 Å². The molecule has 2 aromatic carbocycles. The Bertz CT molecular complexity index is 565. The first-order valence-electron chi connectivity index (χ1n) is 6.63. The molecule has 0 radical (unpaired) electrons. The summed E-state index contributed by atoms with van der Waals surface area (Å²) in [5, 5.41) is 0. The molecule has 2 aromatic rings. The van der Waals surface area contributed by atoms with E-state index in [0.29, 0.717) is 6.42 Å². The third-order valence-corrected chi connectivity index (χ3v) is 4.05. The van der Waals surface area contributed by atoms with Crippen molar-refractivity contribution >= 4 is 21.8 Å². The lowest BCUT2D eigenvalue weighted by Gasteiger charge is -2.25. The van der Waals surface area contributed by atoms with Crippen LogP contribution in [0, 0.1) is 0 Å². The Morgan fingerprint density at radius 1 is 1.10 bits per heavy atom. The molecule has 0 bridgehead atoms. The molecule has 1 unspecified atom stereocenters. The van der Waals surface area contributed by atoms with Crippen LogP contribution in [0.25, 0.3) is 0 Å². The lowest BCUT2D eigenvalue weighted by Crippen LogP contribution is -2.30.